The maximum Gasteiger partial charge on any atom is 0.224 e. The van der Waals surface area contributed by atoms with E-state index in [4.69, 9.17) is 4.98 Å². The molecule has 1 aliphatic carbocycles. The zero-order chi connectivity index (χ0) is 19.3. The predicted molar refractivity (Wildman–Crippen MR) is 106 cm³/mol. The van der Waals surface area contributed by atoms with Crippen molar-refractivity contribution in [1.29, 1.82) is 0 Å². The van der Waals surface area contributed by atoms with Gasteiger partial charge in [0.15, 0.2) is 0 Å². The summed E-state index contributed by atoms with van der Waals surface area (Å²) in [5.74, 6) is 0.920. The number of imidazole rings is 1. The second-order valence-electron chi connectivity index (χ2n) is 8.46. The Hall–Kier alpha value is -2.63. The molecule has 3 atom stereocenters. The topological polar surface area (TPSA) is 76.0 Å². The summed E-state index contributed by atoms with van der Waals surface area (Å²) in [6, 6.07) is 6.60. The molecule has 1 saturated heterocycles. The van der Waals surface area contributed by atoms with Crippen LogP contribution in [0.2, 0.25) is 0 Å². The molecular formula is C22H26N4O2. The van der Waals surface area contributed by atoms with Crippen LogP contribution in [0.1, 0.15) is 55.6 Å². The number of aryl methyl sites for hydroxylation is 3. The lowest BCUT2D eigenvalue weighted by molar-refractivity contribution is -0.133. The Labute approximate surface area is 164 Å². The maximum absolute atomic E-state index is 12.8. The largest absolute Gasteiger partial charge is 0.354 e. The van der Waals surface area contributed by atoms with Gasteiger partial charge >= 0.3 is 0 Å². The highest BCUT2D eigenvalue weighted by molar-refractivity contribution is 5.87. The van der Waals surface area contributed by atoms with Gasteiger partial charge in [-0.25, -0.2) is 4.98 Å². The number of piperidine rings is 1. The average Bonchev–Trinajstić information content (AvgIpc) is 3.35. The maximum atomic E-state index is 12.8. The minimum absolute atomic E-state index is 0.00548. The van der Waals surface area contributed by atoms with Crippen LogP contribution in [0.25, 0.3) is 11.3 Å². The van der Waals surface area contributed by atoms with E-state index in [0.717, 1.165) is 37.1 Å². The van der Waals surface area contributed by atoms with Gasteiger partial charge in [-0.05, 0) is 49.8 Å². The van der Waals surface area contributed by atoms with Crippen LogP contribution < -0.4 is 10.6 Å². The van der Waals surface area contributed by atoms with Crippen molar-refractivity contribution in [3.05, 3.63) is 41.3 Å². The molecule has 6 heteroatoms. The Balaban J connectivity index is 1.35. The van der Waals surface area contributed by atoms with E-state index in [1.54, 1.807) is 0 Å². The van der Waals surface area contributed by atoms with Crippen LogP contribution in [0.4, 0.5) is 0 Å². The van der Waals surface area contributed by atoms with Crippen molar-refractivity contribution in [1.82, 2.24) is 20.2 Å². The SMILES string of the molecule is CC1CC(C(=O)N[C@@H]2CCc3ccc(-c4cn5c(n4)CCC5)cc32)CC(=O)N1. The highest BCUT2D eigenvalue weighted by Crippen LogP contribution is 2.35. The quantitative estimate of drug-likeness (QED) is 0.862. The number of carbonyl (C=O) groups excluding carboxylic acids is 2. The molecule has 0 spiro atoms. The van der Waals surface area contributed by atoms with Crippen molar-refractivity contribution < 1.29 is 9.59 Å². The molecule has 1 fully saturated rings. The van der Waals surface area contributed by atoms with Crippen molar-refractivity contribution >= 4 is 11.8 Å². The van der Waals surface area contributed by atoms with Crippen LogP contribution in [0.3, 0.4) is 0 Å². The fourth-order valence-electron chi connectivity index (χ4n) is 4.92. The number of rotatable bonds is 3. The molecule has 0 saturated carbocycles. The van der Waals surface area contributed by atoms with E-state index in [1.165, 1.54) is 23.4 Å². The van der Waals surface area contributed by atoms with Gasteiger partial charge in [0.2, 0.25) is 11.8 Å². The average molecular weight is 378 g/mol. The fraction of sp³-hybridized carbons (Fsp3) is 0.500. The standard InChI is InChI=1S/C22H26N4O2/c1-13-9-16(11-21(27)23-13)22(28)25-18-7-6-14-4-5-15(10-17(14)18)19-12-26-8-2-3-20(26)24-19/h4-5,10,12-13,16,18H,2-3,6-9,11H2,1H3,(H,23,27)(H,25,28)/t13?,16?,18-/m1/s1. The van der Waals surface area contributed by atoms with Crippen molar-refractivity contribution in [2.45, 2.75) is 64.1 Å². The van der Waals surface area contributed by atoms with Crippen LogP contribution in [-0.2, 0) is 29.0 Å². The summed E-state index contributed by atoms with van der Waals surface area (Å²) in [6.45, 7) is 3.01. The third kappa shape index (κ3) is 3.11. The first-order chi connectivity index (χ1) is 13.6. The Kier molecular flexibility index (Phi) is 4.22. The van der Waals surface area contributed by atoms with Gasteiger partial charge in [0.25, 0.3) is 0 Å². The van der Waals surface area contributed by atoms with Gasteiger partial charge < -0.3 is 15.2 Å². The fourth-order valence-corrected chi connectivity index (χ4v) is 4.92. The summed E-state index contributed by atoms with van der Waals surface area (Å²) in [5, 5.41) is 6.11. The van der Waals surface area contributed by atoms with Gasteiger partial charge in [-0.1, -0.05) is 12.1 Å². The third-order valence-corrected chi connectivity index (χ3v) is 6.34. The lowest BCUT2D eigenvalue weighted by Gasteiger charge is -2.28. The lowest BCUT2D eigenvalue weighted by atomic mass is 9.91. The van der Waals surface area contributed by atoms with Gasteiger partial charge in [0, 0.05) is 43.1 Å². The second-order valence-corrected chi connectivity index (χ2v) is 8.46. The smallest absolute Gasteiger partial charge is 0.224 e. The van der Waals surface area contributed by atoms with Crippen LogP contribution >= 0.6 is 0 Å². The van der Waals surface area contributed by atoms with Crippen molar-refractivity contribution in [2.24, 2.45) is 5.92 Å². The van der Waals surface area contributed by atoms with Gasteiger partial charge in [0.05, 0.1) is 11.7 Å². The van der Waals surface area contributed by atoms with Crippen molar-refractivity contribution in [2.75, 3.05) is 0 Å². The Bertz CT molecular complexity index is 927. The highest BCUT2D eigenvalue weighted by Gasteiger charge is 2.32. The monoisotopic (exact) mass is 378 g/mol. The summed E-state index contributed by atoms with van der Waals surface area (Å²) >= 11 is 0. The summed E-state index contributed by atoms with van der Waals surface area (Å²) in [4.78, 5) is 29.4. The molecule has 1 aromatic heterocycles. The Morgan fingerprint density at radius 2 is 2.21 bits per heavy atom. The van der Waals surface area contributed by atoms with Gasteiger partial charge in [-0.2, -0.15) is 0 Å². The molecule has 2 aliphatic heterocycles. The molecule has 5 rings (SSSR count). The van der Waals surface area contributed by atoms with Crippen LogP contribution in [-0.4, -0.2) is 27.4 Å². The van der Waals surface area contributed by atoms with Crippen LogP contribution in [0, 0.1) is 5.92 Å². The molecule has 2 amide bonds. The number of hydrogen-bond donors (Lipinski definition) is 2. The number of nitrogens with one attached hydrogen (secondary N) is 2. The summed E-state index contributed by atoms with van der Waals surface area (Å²) in [6.07, 6.45) is 7.26. The van der Waals surface area contributed by atoms with Gasteiger partial charge in [-0.3, -0.25) is 9.59 Å². The first-order valence-corrected chi connectivity index (χ1v) is 10.4. The molecule has 0 radical (unpaired) electrons. The molecule has 2 unspecified atom stereocenters. The second kappa shape index (κ2) is 6.76. The Morgan fingerprint density at radius 3 is 3.04 bits per heavy atom. The number of hydrogen-bond acceptors (Lipinski definition) is 3. The number of carbonyl (C=O) groups is 2. The zero-order valence-electron chi connectivity index (χ0n) is 16.2. The van der Waals surface area contributed by atoms with E-state index in [9.17, 15) is 9.59 Å². The van der Waals surface area contributed by atoms with Gasteiger partial charge in [0.1, 0.15) is 5.82 Å². The minimum atomic E-state index is -0.230. The minimum Gasteiger partial charge on any atom is -0.354 e. The summed E-state index contributed by atoms with van der Waals surface area (Å²) in [5.41, 5.74) is 4.64. The van der Waals surface area contributed by atoms with E-state index in [-0.39, 0.29) is 36.2 Å². The molecular weight excluding hydrogens is 352 g/mol. The van der Waals surface area contributed by atoms with E-state index in [1.807, 2.05) is 6.92 Å². The molecule has 146 valence electrons. The first kappa shape index (κ1) is 17.5. The van der Waals surface area contributed by atoms with E-state index < -0.39 is 0 Å². The third-order valence-electron chi connectivity index (χ3n) is 6.34. The van der Waals surface area contributed by atoms with E-state index in [2.05, 4.69) is 39.6 Å². The molecule has 6 nitrogen and oxygen atoms in total. The van der Waals surface area contributed by atoms with Crippen LogP contribution in [0.15, 0.2) is 24.4 Å². The molecule has 0 bridgehead atoms. The molecule has 2 aromatic rings. The summed E-state index contributed by atoms with van der Waals surface area (Å²) < 4.78 is 2.25. The molecule has 3 heterocycles. The molecule has 28 heavy (non-hydrogen) atoms. The number of amides is 2. The van der Waals surface area contributed by atoms with Gasteiger partial charge in [-0.15, -0.1) is 0 Å². The van der Waals surface area contributed by atoms with Crippen LogP contribution in [0.5, 0.6) is 0 Å². The predicted octanol–water partition coefficient (Wildman–Crippen LogP) is 2.51. The van der Waals surface area contributed by atoms with E-state index >= 15 is 0 Å². The normalized spacial score (nSPS) is 25.9. The number of aromatic nitrogens is 2. The van der Waals surface area contributed by atoms with E-state index in [0.29, 0.717) is 6.42 Å². The highest BCUT2D eigenvalue weighted by atomic mass is 16.2. The Morgan fingerprint density at radius 1 is 1.32 bits per heavy atom. The molecule has 1 aromatic carbocycles. The zero-order valence-corrected chi connectivity index (χ0v) is 16.2. The molecule has 2 N–H and O–H groups in total. The van der Waals surface area contributed by atoms with Crippen molar-refractivity contribution in [3.63, 3.8) is 0 Å². The first-order valence-electron chi connectivity index (χ1n) is 10.4. The lowest BCUT2D eigenvalue weighted by Crippen LogP contribution is -2.46. The summed E-state index contributed by atoms with van der Waals surface area (Å²) in [7, 11) is 0. The number of benzene rings is 1. The molecule has 3 aliphatic rings. The number of fused-ring (bicyclic) bond motifs is 2. The van der Waals surface area contributed by atoms with Crippen molar-refractivity contribution in [3.8, 4) is 11.3 Å². The number of nitrogens with zero attached hydrogens (tertiary/aromatic N) is 2.